The van der Waals surface area contributed by atoms with E-state index in [-0.39, 0.29) is 18.6 Å². The van der Waals surface area contributed by atoms with Crippen LogP contribution in [0.5, 0.6) is 23.0 Å². The van der Waals surface area contributed by atoms with Crippen molar-refractivity contribution in [1.29, 1.82) is 0 Å². The minimum atomic E-state index is -0.644. The van der Waals surface area contributed by atoms with Gasteiger partial charge in [-0.1, -0.05) is 30.3 Å². The quantitative estimate of drug-likeness (QED) is 0.372. The average Bonchev–Trinajstić information content (AvgIpc) is 2.87. The van der Waals surface area contributed by atoms with Crippen molar-refractivity contribution < 1.29 is 33.3 Å². The molecule has 1 aliphatic rings. The van der Waals surface area contributed by atoms with Crippen molar-refractivity contribution in [3.05, 3.63) is 78.4 Å². The maximum atomic E-state index is 12.4. The number of para-hydroxylation sites is 3. The van der Waals surface area contributed by atoms with Gasteiger partial charge in [0.25, 0.3) is 5.91 Å². The Balaban J connectivity index is 1.24. The number of rotatable bonds is 9. The van der Waals surface area contributed by atoms with Gasteiger partial charge in [0.05, 0.1) is 12.1 Å². The van der Waals surface area contributed by atoms with Gasteiger partial charge >= 0.3 is 5.97 Å². The van der Waals surface area contributed by atoms with Crippen LogP contribution < -0.4 is 19.5 Å². The summed E-state index contributed by atoms with van der Waals surface area (Å²) >= 11 is 0. The lowest BCUT2D eigenvalue weighted by Crippen LogP contribution is -2.21. The zero-order valence-electron chi connectivity index (χ0n) is 18.3. The monoisotopic (exact) mass is 461 g/mol. The Kier molecular flexibility index (Phi) is 7.39. The summed E-state index contributed by atoms with van der Waals surface area (Å²) in [5.41, 5.74) is 0.867. The molecule has 3 aromatic carbocycles. The van der Waals surface area contributed by atoms with Crippen LogP contribution in [0, 0.1) is 0 Å². The first-order chi connectivity index (χ1) is 16.6. The number of amides is 1. The van der Waals surface area contributed by atoms with Crippen LogP contribution in [0.3, 0.4) is 0 Å². The molecule has 0 atom stereocenters. The summed E-state index contributed by atoms with van der Waals surface area (Å²) in [5, 5.41) is 2.67. The minimum Gasteiger partial charge on any atom is -0.486 e. The maximum Gasteiger partial charge on any atom is 0.306 e. The van der Waals surface area contributed by atoms with E-state index in [1.807, 2.05) is 18.2 Å². The second-order valence-corrected chi connectivity index (χ2v) is 7.40. The summed E-state index contributed by atoms with van der Waals surface area (Å²) in [6.45, 7) is 0.407. The SMILES string of the molecule is O=C(COC(=O)CCC(=O)c1ccc2c(c1)OCCO2)Nc1ccccc1Oc1ccccc1. The number of carbonyl (C=O) groups excluding carboxylic acids is 3. The van der Waals surface area contributed by atoms with Crippen LogP contribution in [-0.2, 0) is 14.3 Å². The fraction of sp³-hybridized carbons (Fsp3) is 0.192. The molecule has 3 aromatic rings. The number of ketones is 1. The van der Waals surface area contributed by atoms with Gasteiger partial charge in [0, 0.05) is 12.0 Å². The molecule has 1 aliphatic heterocycles. The third-order valence-electron chi connectivity index (χ3n) is 4.92. The number of hydrogen-bond acceptors (Lipinski definition) is 7. The topological polar surface area (TPSA) is 100 Å². The molecule has 1 N–H and O–H groups in total. The van der Waals surface area contributed by atoms with Crippen molar-refractivity contribution >= 4 is 23.3 Å². The molecule has 34 heavy (non-hydrogen) atoms. The Morgan fingerprint density at radius 3 is 2.38 bits per heavy atom. The number of ether oxygens (including phenoxy) is 4. The fourth-order valence-corrected chi connectivity index (χ4v) is 3.26. The molecule has 0 spiro atoms. The molecule has 8 heteroatoms. The third kappa shape index (κ3) is 6.13. The summed E-state index contributed by atoms with van der Waals surface area (Å²) in [6.07, 6.45) is -0.192. The number of hydrogen-bond donors (Lipinski definition) is 1. The van der Waals surface area contributed by atoms with E-state index in [9.17, 15) is 14.4 Å². The predicted molar refractivity (Wildman–Crippen MR) is 124 cm³/mol. The smallest absolute Gasteiger partial charge is 0.306 e. The highest BCUT2D eigenvalue weighted by atomic mass is 16.6. The van der Waals surface area contributed by atoms with Crippen LogP contribution in [0.4, 0.5) is 5.69 Å². The van der Waals surface area contributed by atoms with Crippen LogP contribution >= 0.6 is 0 Å². The molecule has 0 fully saturated rings. The number of benzene rings is 3. The Labute approximate surface area is 196 Å². The summed E-state index contributed by atoms with van der Waals surface area (Å²) in [6, 6.07) is 21.0. The number of anilines is 1. The molecule has 8 nitrogen and oxygen atoms in total. The van der Waals surface area contributed by atoms with Crippen LogP contribution in [0.2, 0.25) is 0 Å². The van der Waals surface area contributed by atoms with Crippen LogP contribution in [0.25, 0.3) is 0 Å². The molecular weight excluding hydrogens is 438 g/mol. The van der Waals surface area contributed by atoms with Crippen LogP contribution in [-0.4, -0.2) is 37.5 Å². The summed E-state index contributed by atoms with van der Waals surface area (Å²) in [7, 11) is 0. The standard InChI is InChI=1S/C26H23NO7/c28-21(18-10-12-23-24(16-18)32-15-14-31-23)11-13-26(30)33-17-25(29)27-20-8-4-5-9-22(20)34-19-6-2-1-3-7-19/h1-10,12,16H,11,13-15,17H2,(H,27,29). The largest absolute Gasteiger partial charge is 0.486 e. The van der Waals surface area contributed by atoms with E-state index in [1.165, 1.54) is 0 Å². The normalized spacial score (nSPS) is 11.9. The lowest BCUT2D eigenvalue weighted by molar-refractivity contribution is -0.147. The van der Waals surface area contributed by atoms with E-state index in [0.29, 0.717) is 47.5 Å². The molecule has 1 amide bonds. The van der Waals surface area contributed by atoms with Gasteiger partial charge < -0.3 is 24.3 Å². The number of carbonyl (C=O) groups is 3. The molecule has 0 radical (unpaired) electrons. The van der Waals surface area contributed by atoms with Crippen molar-refractivity contribution in [3.63, 3.8) is 0 Å². The van der Waals surface area contributed by atoms with Gasteiger partial charge in [0.2, 0.25) is 0 Å². The van der Waals surface area contributed by atoms with E-state index in [0.717, 1.165) is 0 Å². The Bertz CT molecular complexity index is 1180. The van der Waals surface area contributed by atoms with E-state index in [4.69, 9.17) is 18.9 Å². The van der Waals surface area contributed by atoms with Gasteiger partial charge in [0.15, 0.2) is 29.6 Å². The van der Waals surface area contributed by atoms with Crippen molar-refractivity contribution in [2.24, 2.45) is 0 Å². The Morgan fingerprint density at radius 2 is 1.56 bits per heavy atom. The molecule has 1 heterocycles. The minimum absolute atomic E-state index is 0.0478. The second kappa shape index (κ2) is 11.0. The van der Waals surface area contributed by atoms with E-state index >= 15 is 0 Å². The molecule has 174 valence electrons. The first-order valence-electron chi connectivity index (χ1n) is 10.8. The lowest BCUT2D eigenvalue weighted by atomic mass is 10.1. The van der Waals surface area contributed by atoms with Gasteiger partial charge in [-0.05, 0) is 42.5 Å². The Hall–Kier alpha value is -4.33. The molecule has 0 saturated heterocycles. The number of Topliss-reactive ketones (excluding diaryl/α,β-unsaturated/α-hetero) is 1. The van der Waals surface area contributed by atoms with Crippen molar-refractivity contribution in [2.45, 2.75) is 12.8 Å². The van der Waals surface area contributed by atoms with Crippen LogP contribution in [0.15, 0.2) is 72.8 Å². The molecule has 0 bridgehead atoms. The molecule has 4 rings (SSSR count). The first-order valence-corrected chi connectivity index (χ1v) is 10.8. The van der Waals surface area contributed by atoms with Crippen molar-refractivity contribution in [1.82, 2.24) is 0 Å². The summed E-state index contributed by atoms with van der Waals surface area (Å²) in [4.78, 5) is 36.7. The van der Waals surface area contributed by atoms with Gasteiger partial charge in [-0.25, -0.2) is 0 Å². The highest BCUT2D eigenvalue weighted by molar-refractivity contribution is 5.98. The first kappa shape index (κ1) is 22.8. The summed E-state index contributed by atoms with van der Waals surface area (Å²) in [5.74, 6) is 0.782. The zero-order valence-corrected chi connectivity index (χ0v) is 18.3. The highest BCUT2D eigenvalue weighted by Crippen LogP contribution is 2.31. The van der Waals surface area contributed by atoms with Crippen LogP contribution in [0.1, 0.15) is 23.2 Å². The van der Waals surface area contributed by atoms with E-state index in [1.54, 1.807) is 54.6 Å². The predicted octanol–water partition coefficient (Wildman–Crippen LogP) is 4.39. The fourth-order valence-electron chi connectivity index (χ4n) is 3.26. The Morgan fingerprint density at radius 1 is 0.824 bits per heavy atom. The van der Waals surface area contributed by atoms with E-state index in [2.05, 4.69) is 5.32 Å². The van der Waals surface area contributed by atoms with Gasteiger partial charge in [0.1, 0.15) is 19.0 Å². The molecule has 0 aromatic heterocycles. The van der Waals surface area contributed by atoms with Gasteiger partial charge in [-0.15, -0.1) is 0 Å². The lowest BCUT2D eigenvalue weighted by Gasteiger charge is -2.18. The van der Waals surface area contributed by atoms with Gasteiger partial charge in [-0.3, -0.25) is 14.4 Å². The molecule has 0 aliphatic carbocycles. The summed E-state index contributed by atoms with van der Waals surface area (Å²) < 4.78 is 21.7. The zero-order chi connectivity index (χ0) is 23.8. The third-order valence-corrected chi connectivity index (χ3v) is 4.92. The van der Waals surface area contributed by atoms with Crippen molar-refractivity contribution in [3.8, 4) is 23.0 Å². The second-order valence-electron chi connectivity index (χ2n) is 7.40. The molecule has 0 unspecified atom stereocenters. The molecular formula is C26H23NO7. The van der Waals surface area contributed by atoms with Crippen molar-refractivity contribution in [2.75, 3.05) is 25.1 Å². The number of nitrogens with one attached hydrogen (secondary N) is 1. The highest BCUT2D eigenvalue weighted by Gasteiger charge is 2.17. The number of esters is 1. The van der Waals surface area contributed by atoms with E-state index < -0.39 is 18.5 Å². The average molecular weight is 461 g/mol. The number of fused-ring (bicyclic) bond motifs is 1. The maximum absolute atomic E-state index is 12.4. The van der Waals surface area contributed by atoms with Gasteiger partial charge in [-0.2, -0.15) is 0 Å². The molecule has 0 saturated carbocycles.